The van der Waals surface area contributed by atoms with Crippen molar-refractivity contribution < 1.29 is 24.6 Å². The van der Waals surface area contributed by atoms with Crippen molar-refractivity contribution in [2.75, 3.05) is 17.6 Å². The number of anilines is 2. The molecule has 0 aliphatic heterocycles. The van der Waals surface area contributed by atoms with Gasteiger partial charge in [0.1, 0.15) is 6.04 Å². The average molecular weight is 455 g/mol. The molecule has 1 amide bonds. The highest BCUT2D eigenvalue weighted by molar-refractivity contribution is 5.96. The van der Waals surface area contributed by atoms with Crippen LogP contribution in [0, 0.1) is 0 Å². The second-order valence-electron chi connectivity index (χ2n) is 7.04. The van der Waals surface area contributed by atoms with E-state index in [1.165, 1.54) is 18.3 Å². The molecule has 13 nitrogen and oxygen atoms in total. The molecule has 3 rings (SSSR count). The van der Waals surface area contributed by atoms with Crippen LogP contribution < -0.4 is 21.9 Å². The van der Waals surface area contributed by atoms with Crippen LogP contribution in [-0.2, 0) is 16.0 Å². The number of fused-ring (bicyclic) bond motifs is 1. The van der Waals surface area contributed by atoms with Crippen LogP contribution in [0.4, 0.5) is 11.6 Å². The number of H-pyrrole nitrogens is 1. The molecule has 13 heteroatoms. The lowest BCUT2D eigenvalue weighted by atomic mass is 10.1. The van der Waals surface area contributed by atoms with Gasteiger partial charge in [-0.05, 0) is 30.7 Å². The molecule has 0 fully saturated rings. The van der Waals surface area contributed by atoms with Crippen LogP contribution in [0.3, 0.4) is 0 Å². The van der Waals surface area contributed by atoms with Crippen LogP contribution in [0.15, 0.2) is 35.3 Å². The van der Waals surface area contributed by atoms with Crippen molar-refractivity contribution in [1.82, 2.24) is 25.3 Å². The maximum atomic E-state index is 12.3. The van der Waals surface area contributed by atoms with E-state index in [2.05, 4.69) is 30.6 Å². The molecule has 0 spiro atoms. The Bertz CT molecular complexity index is 1240. The molecule has 0 unspecified atom stereocenters. The summed E-state index contributed by atoms with van der Waals surface area (Å²) in [6.07, 6.45) is 1.37. The van der Waals surface area contributed by atoms with Crippen molar-refractivity contribution in [3.05, 3.63) is 52.1 Å². The molecule has 0 aliphatic rings. The first-order valence-corrected chi connectivity index (χ1v) is 9.83. The zero-order chi connectivity index (χ0) is 24.0. The van der Waals surface area contributed by atoms with E-state index in [4.69, 9.17) is 15.9 Å². The van der Waals surface area contributed by atoms with Gasteiger partial charge >= 0.3 is 11.9 Å². The number of nitrogens with one attached hydrogen (secondary N) is 3. The highest BCUT2D eigenvalue weighted by atomic mass is 16.4. The molecular weight excluding hydrogens is 434 g/mol. The number of amides is 1. The van der Waals surface area contributed by atoms with Gasteiger partial charge in [0.15, 0.2) is 11.2 Å². The van der Waals surface area contributed by atoms with E-state index < -0.39 is 29.4 Å². The summed E-state index contributed by atoms with van der Waals surface area (Å²) in [5.74, 6) is -3.10. The molecule has 0 bridgehead atoms. The molecule has 7 N–H and O–H groups in total. The summed E-state index contributed by atoms with van der Waals surface area (Å²) >= 11 is 0. The highest BCUT2D eigenvalue weighted by Gasteiger charge is 2.21. The van der Waals surface area contributed by atoms with E-state index in [9.17, 15) is 19.2 Å². The third kappa shape index (κ3) is 6.22. The minimum Gasteiger partial charge on any atom is -0.481 e. The molecule has 0 saturated heterocycles. The standard InChI is InChI=1S/C20H21N7O6/c21-20-26-16-15(18(31)27-20)24-12(9-23-16)7-8-22-11-3-1-10(2-4-11)17(30)25-13(19(32)33)5-6-14(28)29/h1-4,9,13,22H,5-8H2,(H,25,30)(H,28,29)(H,32,33)(H3,21,23,26,27,31)/t13-/m1/s1. The Morgan fingerprint density at radius 1 is 1.12 bits per heavy atom. The Morgan fingerprint density at radius 2 is 1.85 bits per heavy atom. The number of aromatic nitrogens is 4. The summed E-state index contributed by atoms with van der Waals surface area (Å²) in [6, 6.07) is 5.02. The van der Waals surface area contributed by atoms with E-state index in [-0.39, 0.29) is 35.5 Å². The fourth-order valence-electron chi connectivity index (χ4n) is 2.93. The third-order valence-corrected chi connectivity index (χ3v) is 4.59. The van der Waals surface area contributed by atoms with Gasteiger partial charge in [0.05, 0.1) is 11.9 Å². The lowest BCUT2D eigenvalue weighted by Gasteiger charge is -2.14. The third-order valence-electron chi connectivity index (χ3n) is 4.59. The van der Waals surface area contributed by atoms with Gasteiger partial charge in [-0.3, -0.25) is 19.4 Å². The molecule has 2 aromatic heterocycles. The Balaban J connectivity index is 1.55. The topological polar surface area (TPSA) is 213 Å². The SMILES string of the molecule is Nc1nc2ncc(CCNc3ccc(C(=O)N[C@H](CCC(=O)O)C(=O)O)cc3)nc2c(=O)[nH]1. The monoisotopic (exact) mass is 455 g/mol. The lowest BCUT2D eigenvalue weighted by Crippen LogP contribution is -2.41. The Labute approximate surface area is 186 Å². The maximum absolute atomic E-state index is 12.3. The van der Waals surface area contributed by atoms with Crippen LogP contribution in [0.2, 0.25) is 0 Å². The first-order chi connectivity index (χ1) is 15.7. The first kappa shape index (κ1) is 23.1. The van der Waals surface area contributed by atoms with Crippen molar-refractivity contribution in [1.29, 1.82) is 0 Å². The number of aliphatic carboxylic acids is 2. The molecule has 1 aromatic carbocycles. The molecule has 0 radical (unpaired) electrons. The van der Waals surface area contributed by atoms with E-state index in [0.29, 0.717) is 24.3 Å². The number of aromatic amines is 1. The largest absolute Gasteiger partial charge is 0.481 e. The number of benzene rings is 1. The van der Waals surface area contributed by atoms with Gasteiger partial charge in [-0.1, -0.05) is 0 Å². The van der Waals surface area contributed by atoms with E-state index in [1.807, 2.05) is 0 Å². The number of rotatable bonds is 10. The highest BCUT2D eigenvalue weighted by Crippen LogP contribution is 2.11. The number of carboxylic acid groups (broad SMARTS) is 2. The number of hydrogen-bond acceptors (Lipinski definition) is 9. The van der Waals surface area contributed by atoms with Gasteiger partial charge in [-0.25, -0.2) is 14.8 Å². The van der Waals surface area contributed by atoms with Gasteiger partial charge < -0.3 is 26.6 Å². The Morgan fingerprint density at radius 3 is 2.52 bits per heavy atom. The van der Waals surface area contributed by atoms with Crippen LogP contribution in [0.1, 0.15) is 28.9 Å². The zero-order valence-corrected chi connectivity index (χ0v) is 17.2. The molecular formula is C20H21N7O6. The quantitative estimate of drug-likeness (QED) is 0.239. The predicted molar refractivity (Wildman–Crippen MR) is 117 cm³/mol. The summed E-state index contributed by atoms with van der Waals surface area (Å²) in [5.41, 5.74) is 6.78. The van der Waals surface area contributed by atoms with Crippen LogP contribution in [-0.4, -0.2) is 60.6 Å². The number of hydrogen-bond donors (Lipinski definition) is 6. The van der Waals surface area contributed by atoms with Crippen molar-refractivity contribution in [2.45, 2.75) is 25.3 Å². The van der Waals surface area contributed by atoms with E-state index in [0.717, 1.165) is 0 Å². The molecule has 2 heterocycles. The maximum Gasteiger partial charge on any atom is 0.326 e. The normalized spacial score (nSPS) is 11.6. The fourth-order valence-corrected chi connectivity index (χ4v) is 2.93. The smallest absolute Gasteiger partial charge is 0.326 e. The molecule has 33 heavy (non-hydrogen) atoms. The van der Waals surface area contributed by atoms with Gasteiger partial charge in [0.2, 0.25) is 5.95 Å². The number of carbonyl (C=O) groups is 3. The summed E-state index contributed by atoms with van der Waals surface area (Å²) in [5, 5.41) is 23.3. The average Bonchev–Trinajstić information content (AvgIpc) is 2.77. The van der Waals surface area contributed by atoms with Crippen LogP contribution >= 0.6 is 0 Å². The van der Waals surface area contributed by atoms with E-state index >= 15 is 0 Å². The minimum absolute atomic E-state index is 0.0351. The van der Waals surface area contributed by atoms with E-state index in [1.54, 1.807) is 12.1 Å². The fraction of sp³-hybridized carbons (Fsp3) is 0.250. The molecule has 0 saturated carbocycles. The van der Waals surface area contributed by atoms with Crippen molar-refractivity contribution in [3.63, 3.8) is 0 Å². The molecule has 3 aromatic rings. The number of carboxylic acids is 2. The minimum atomic E-state index is -1.30. The van der Waals surface area contributed by atoms with Gasteiger partial charge in [0, 0.05) is 30.6 Å². The van der Waals surface area contributed by atoms with Crippen LogP contribution in [0.25, 0.3) is 11.2 Å². The zero-order valence-electron chi connectivity index (χ0n) is 17.2. The van der Waals surface area contributed by atoms with Gasteiger partial charge in [-0.2, -0.15) is 4.98 Å². The number of carbonyl (C=O) groups excluding carboxylic acids is 1. The lowest BCUT2D eigenvalue weighted by molar-refractivity contribution is -0.140. The van der Waals surface area contributed by atoms with Crippen LogP contribution in [0.5, 0.6) is 0 Å². The Kier molecular flexibility index (Phi) is 7.13. The first-order valence-electron chi connectivity index (χ1n) is 9.83. The Hall–Kier alpha value is -4.55. The second-order valence-corrected chi connectivity index (χ2v) is 7.04. The molecule has 172 valence electrons. The van der Waals surface area contributed by atoms with Crippen molar-refractivity contribution in [2.24, 2.45) is 0 Å². The number of nitrogens with two attached hydrogens (primary N) is 1. The predicted octanol–water partition coefficient (Wildman–Crippen LogP) is -0.00230. The van der Waals surface area contributed by atoms with Crippen molar-refractivity contribution >= 4 is 40.6 Å². The summed E-state index contributed by atoms with van der Waals surface area (Å²) in [7, 11) is 0. The second kappa shape index (κ2) is 10.2. The van der Waals surface area contributed by atoms with Gasteiger partial charge in [0.25, 0.3) is 11.5 Å². The number of nitrogens with zero attached hydrogens (tertiary/aromatic N) is 3. The summed E-state index contributed by atoms with van der Waals surface area (Å²) in [6.45, 7) is 0.461. The molecule has 1 atom stereocenters. The summed E-state index contributed by atoms with van der Waals surface area (Å²) < 4.78 is 0. The van der Waals surface area contributed by atoms with Crippen molar-refractivity contribution in [3.8, 4) is 0 Å². The summed E-state index contributed by atoms with van der Waals surface area (Å²) in [4.78, 5) is 60.7. The number of nitrogen functional groups attached to an aromatic ring is 1. The molecule has 0 aliphatic carbocycles. The van der Waals surface area contributed by atoms with Gasteiger partial charge in [-0.15, -0.1) is 0 Å².